The summed E-state index contributed by atoms with van der Waals surface area (Å²) in [5.41, 5.74) is 1.38. The average molecular weight is 184 g/mol. The highest BCUT2D eigenvalue weighted by Crippen LogP contribution is 2.01. The molecule has 0 rings (SSSR count). The first kappa shape index (κ1) is 11.8. The lowest BCUT2D eigenvalue weighted by molar-refractivity contribution is -0.161. The van der Waals surface area contributed by atoms with Crippen molar-refractivity contribution >= 4 is 5.97 Å². The molecular formula is C10H16O3. The molecule has 0 heterocycles. The number of hydrogen-bond donors (Lipinski definition) is 0. The summed E-state index contributed by atoms with van der Waals surface area (Å²) in [5.74, 6) is -0.436. The van der Waals surface area contributed by atoms with Gasteiger partial charge in [-0.1, -0.05) is 6.58 Å². The van der Waals surface area contributed by atoms with Gasteiger partial charge >= 0.3 is 5.97 Å². The molecule has 0 saturated heterocycles. The Kier molecular flexibility index (Phi) is 4.89. The molecule has 1 unspecified atom stereocenters. The second-order valence-electron chi connectivity index (χ2n) is 3.08. The molecule has 0 N–H and O–H groups in total. The molecule has 3 heteroatoms. The van der Waals surface area contributed by atoms with Crippen LogP contribution in [0.2, 0.25) is 0 Å². The summed E-state index contributed by atoms with van der Waals surface area (Å²) in [5, 5.41) is 0. The van der Waals surface area contributed by atoms with E-state index in [2.05, 4.69) is 6.58 Å². The maximum absolute atomic E-state index is 11.0. The predicted molar refractivity (Wildman–Crippen MR) is 50.9 cm³/mol. The number of esters is 1. The molecule has 0 aliphatic carbocycles. The number of carbonyl (C=O) groups excluding carboxylic acids is 1. The van der Waals surface area contributed by atoms with Crippen molar-refractivity contribution in [3.63, 3.8) is 0 Å². The van der Waals surface area contributed by atoms with Gasteiger partial charge in [-0.2, -0.15) is 0 Å². The number of ether oxygens (including phenoxy) is 2. The highest BCUT2D eigenvalue weighted by atomic mass is 16.7. The van der Waals surface area contributed by atoms with Crippen LogP contribution in [-0.2, 0) is 14.3 Å². The van der Waals surface area contributed by atoms with Crippen molar-refractivity contribution in [3.8, 4) is 0 Å². The number of rotatable bonds is 4. The lowest BCUT2D eigenvalue weighted by Crippen LogP contribution is -2.16. The third-order valence-corrected chi connectivity index (χ3v) is 1.12. The Morgan fingerprint density at radius 3 is 2.31 bits per heavy atom. The molecule has 0 aliphatic rings. The van der Waals surface area contributed by atoms with Crippen LogP contribution in [0, 0.1) is 0 Å². The third kappa shape index (κ3) is 5.96. The van der Waals surface area contributed by atoms with Crippen LogP contribution in [0.4, 0.5) is 0 Å². The largest absolute Gasteiger partial charge is 0.463 e. The summed E-state index contributed by atoms with van der Waals surface area (Å²) in [4.78, 5) is 11.0. The quantitative estimate of drug-likeness (QED) is 0.291. The maximum Gasteiger partial charge on any atom is 0.336 e. The van der Waals surface area contributed by atoms with Crippen molar-refractivity contribution in [2.24, 2.45) is 0 Å². The van der Waals surface area contributed by atoms with Crippen molar-refractivity contribution in [1.29, 1.82) is 0 Å². The van der Waals surface area contributed by atoms with E-state index in [9.17, 15) is 4.79 Å². The Bertz CT molecular complexity index is 224. The zero-order valence-electron chi connectivity index (χ0n) is 8.59. The van der Waals surface area contributed by atoms with Crippen LogP contribution in [0.25, 0.3) is 0 Å². The number of allylic oxidation sites excluding steroid dienone is 1. The summed E-state index contributed by atoms with van der Waals surface area (Å²) in [6.45, 7) is 10.5. The second kappa shape index (κ2) is 5.41. The second-order valence-corrected chi connectivity index (χ2v) is 3.08. The van der Waals surface area contributed by atoms with Gasteiger partial charge in [-0.25, -0.2) is 4.79 Å². The van der Waals surface area contributed by atoms with Gasteiger partial charge in [0.1, 0.15) is 0 Å². The molecule has 0 aromatic heterocycles. The molecular weight excluding hydrogens is 168 g/mol. The lowest BCUT2D eigenvalue weighted by Gasteiger charge is -2.12. The highest BCUT2D eigenvalue weighted by molar-refractivity contribution is 5.86. The SMILES string of the molecule is C=C(C)C(=O)OC(C)OC=C(C)C. The lowest BCUT2D eigenvalue weighted by atomic mass is 10.4. The van der Waals surface area contributed by atoms with Gasteiger partial charge in [-0.3, -0.25) is 0 Å². The molecule has 0 saturated carbocycles. The van der Waals surface area contributed by atoms with Crippen LogP contribution in [-0.4, -0.2) is 12.3 Å². The van der Waals surface area contributed by atoms with Crippen LogP contribution in [0.5, 0.6) is 0 Å². The number of carbonyl (C=O) groups is 1. The molecule has 1 atom stereocenters. The Hall–Kier alpha value is -1.25. The molecule has 74 valence electrons. The van der Waals surface area contributed by atoms with Crippen LogP contribution in [0.1, 0.15) is 27.7 Å². The van der Waals surface area contributed by atoms with E-state index < -0.39 is 12.3 Å². The Labute approximate surface area is 79.0 Å². The molecule has 3 nitrogen and oxygen atoms in total. The molecule has 13 heavy (non-hydrogen) atoms. The summed E-state index contributed by atoms with van der Waals surface area (Å²) in [6, 6.07) is 0. The van der Waals surface area contributed by atoms with Crippen molar-refractivity contribution in [2.45, 2.75) is 34.0 Å². The van der Waals surface area contributed by atoms with E-state index in [0.29, 0.717) is 5.57 Å². The summed E-state index contributed by atoms with van der Waals surface area (Å²) < 4.78 is 9.93. The molecule has 0 fully saturated rings. The normalized spacial score (nSPS) is 11.4. The summed E-state index contributed by atoms with van der Waals surface area (Å²) in [7, 11) is 0. The highest BCUT2D eigenvalue weighted by Gasteiger charge is 2.08. The minimum Gasteiger partial charge on any atom is -0.463 e. The van der Waals surface area contributed by atoms with E-state index in [-0.39, 0.29) is 0 Å². The van der Waals surface area contributed by atoms with Gasteiger partial charge in [0, 0.05) is 12.5 Å². The molecule has 0 amide bonds. The zero-order valence-corrected chi connectivity index (χ0v) is 8.59. The minimum absolute atomic E-state index is 0.368. The van der Waals surface area contributed by atoms with Crippen LogP contribution < -0.4 is 0 Å². The van der Waals surface area contributed by atoms with Gasteiger partial charge in [-0.15, -0.1) is 0 Å². The first-order valence-corrected chi connectivity index (χ1v) is 4.08. The van der Waals surface area contributed by atoms with E-state index >= 15 is 0 Å². The molecule has 0 spiro atoms. The first-order valence-electron chi connectivity index (χ1n) is 4.08. The van der Waals surface area contributed by atoms with E-state index in [4.69, 9.17) is 9.47 Å². The van der Waals surface area contributed by atoms with Crippen LogP contribution >= 0.6 is 0 Å². The van der Waals surface area contributed by atoms with Crippen LogP contribution in [0.3, 0.4) is 0 Å². The molecule has 0 radical (unpaired) electrons. The van der Waals surface area contributed by atoms with Gasteiger partial charge in [0.15, 0.2) is 0 Å². The Morgan fingerprint density at radius 1 is 1.38 bits per heavy atom. The average Bonchev–Trinajstić information content (AvgIpc) is 2.00. The standard InChI is InChI=1S/C10H16O3/c1-7(2)6-12-9(5)13-10(11)8(3)4/h6,9H,3H2,1-2,4-5H3. The van der Waals surface area contributed by atoms with Gasteiger partial charge in [0.05, 0.1) is 6.26 Å². The fourth-order valence-corrected chi connectivity index (χ4v) is 0.511. The van der Waals surface area contributed by atoms with E-state index in [1.807, 2.05) is 13.8 Å². The van der Waals surface area contributed by atoms with Crippen molar-refractivity contribution < 1.29 is 14.3 Å². The first-order chi connectivity index (χ1) is 5.93. The molecule has 0 aliphatic heterocycles. The number of hydrogen-bond acceptors (Lipinski definition) is 3. The minimum atomic E-state index is -0.570. The summed E-state index contributed by atoms with van der Waals surface area (Å²) >= 11 is 0. The Morgan fingerprint density at radius 2 is 1.92 bits per heavy atom. The molecule has 0 aromatic carbocycles. The van der Waals surface area contributed by atoms with Crippen molar-refractivity contribution in [2.75, 3.05) is 0 Å². The summed E-state index contributed by atoms with van der Waals surface area (Å²) in [6.07, 6.45) is 0.982. The van der Waals surface area contributed by atoms with Crippen molar-refractivity contribution in [1.82, 2.24) is 0 Å². The topological polar surface area (TPSA) is 35.5 Å². The monoisotopic (exact) mass is 184 g/mol. The van der Waals surface area contributed by atoms with E-state index in [1.165, 1.54) is 0 Å². The van der Waals surface area contributed by atoms with Crippen molar-refractivity contribution in [3.05, 3.63) is 24.0 Å². The van der Waals surface area contributed by atoms with E-state index in [1.54, 1.807) is 20.1 Å². The van der Waals surface area contributed by atoms with Gasteiger partial charge in [-0.05, 0) is 26.3 Å². The van der Waals surface area contributed by atoms with Gasteiger partial charge < -0.3 is 9.47 Å². The Balaban J connectivity index is 3.88. The smallest absolute Gasteiger partial charge is 0.336 e. The van der Waals surface area contributed by atoms with Crippen LogP contribution in [0.15, 0.2) is 24.0 Å². The zero-order chi connectivity index (χ0) is 10.4. The fourth-order valence-electron chi connectivity index (χ4n) is 0.511. The predicted octanol–water partition coefficient (Wildman–Crippen LogP) is 2.39. The van der Waals surface area contributed by atoms with Gasteiger partial charge in [0.2, 0.25) is 6.29 Å². The van der Waals surface area contributed by atoms with Gasteiger partial charge in [0.25, 0.3) is 0 Å². The van der Waals surface area contributed by atoms with E-state index in [0.717, 1.165) is 5.57 Å². The third-order valence-electron chi connectivity index (χ3n) is 1.12. The molecule has 0 aromatic rings. The molecule has 0 bridgehead atoms. The maximum atomic E-state index is 11.0. The fraction of sp³-hybridized carbons (Fsp3) is 0.500.